The molecule has 20 heavy (non-hydrogen) atoms. The molecule has 2 N–H and O–H groups in total. The first-order valence-corrected chi connectivity index (χ1v) is 6.80. The molecule has 94 valence electrons. The van der Waals surface area contributed by atoms with Gasteiger partial charge in [0.25, 0.3) is 0 Å². The summed E-state index contributed by atoms with van der Waals surface area (Å²) in [5, 5.41) is 6.38. The summed E-state index contributed by atoms with van der Waals surface area (Å²) in [6.07, 6.45) is 1.99. The maximum Gasteiger partial charge on any atom is 0.0545 e. The Labute approximate surface area is 115 Å². The van der Waals surface area contributed by atoms with E-state index in [0.717, 1.165) is 0 Å². The lowest BCUT2D eigenvalue weighted by Gasteiger charge is -2.01. The van der Waals surface area contributed by atoms with Crippen LogP contribution in [0.3, 0.4) is 0 Å². The fourth-order valence-electron chi connectivity index (χ4n) is 3.19. The topological polar surface area (TPSA) is 31.6 Å². The van der Waals surface area contributed by atoms with Gasteiger partial charge in [0.05, 0.1) is 5.52 Å². The minimum Gasteiger partial charge on any atom is -0.361 e. The molecule has 2 aromatic heterocycles. The summed E-state index contributed by atoms with van der Waals surface area (Å²) >= 11 is 0. The molecule has 0 amide bonds. The van der Waals surface area contributed by atoms with Crippen LogP contribution in [0, 0.1) is 0 Å². The summed E-state index contributed by atoms with van der Waals surface area (Å²) in [4.78, 5) is 6.86. The first kappa shape index (κ1) is 10.1. The molecule has 5 rings (SSSR count). The smallest absolute Gasteiger partial charge is 0.0545 e. The molecular weight excluding hydrogens is 244 g/mol. The average Bonchev–Trinajstić information content (AvgIpc) is 3.08. The molecule has 0 radical (unpaired) electrons. The number of aromatic nitrogens is 2. The number of aromatic amines is 2. The van der Waals surface area contributed by atoms with E-state index in [1.54, 1.807) is 0 Å². The molecule has 0 atom stereocenters. The molecule has 0 aliphatic heterocycles. The second-order valence-corrected chi connectivity index (χ2v) is 5.30. The normalized spacial score (nSPS) is 12.0. The number of H-pyrrole nitrogens is 2. The molecule has 0 aliphatic carbocycles. The number of nitrogens with one attached hydrogen (secondary N) is 2. The van der Waals surface area contributed by atoms with Crippen molar-refractivity contribution in [2.24, 2.45) is 0 Å². The lowest BCUT2D eigenvalue weighted by molar-refractivity contribution is 1.48. The van der Waals surface area contributed by atoms with Crippen molar-refractivity contribution < 1.29 is 0 Å². The highest BCUT2D eigenvalue weighted by Gasteiger charge is 2.08. The van der Waals surface area contributed by atoms with Gasteiger partial charge < -0.3 is 9.97 Å². The van der Waals surface area contributed by atoms with Crippen LogP contribution in [0.5, 0.6) is 0 Å². The van der Waals surface area contributed by atoms with Crippen LogP contribution in [0.25, 0.3) is 43.5 Å². The van der Waals surface area contributed by atoms with Gasteiger partial charge in [0.15, 0.2) is 0 Å². The van der Waals surface area contributed by atoms with Crippen LogP contribution in [0.2, 0.25) is 0 Å². The van der Waals surface area contributed by atoms with Crippen LogP contribution in [0.15, 0.2) is 60.8 Å². The van der Waals surface area contributed by atoms with Crippen molar-refractivity contribution in [3.63, 3.8) is 0 Å². The van der Waals surface area contributed by atoms with Crippen molar-refractivity contribution in [2.45, 2.75) is 0 Å². The lowest BCUT2D eigenvalue weighted by Crippen LogP contribution is -1.77. The Bertz CT molecular complexity index is 1100. The van der Waals surface area contributed by atoms with Gasteiger partial charge in [-0.3, -0.25) is 0 Å². The van der Waals surface area contributed by atoms with Gasteiger partial charge in [-0.2, -0.15) is 0 Å². The van der Waals surface area contributed by atoms with Gasteiger partial charge in [-0.25, -0.2) is 0 Å². The van der Waals surface area contributed by atoms with Crippen molar-refractivity contribution in [3.8, 4) is 0 Å². The van der Waals surface area contributed by atoms with E-state index in [0.29, 0.717) is 0 Å². The number of benzene rings is 3. The molecule has 3 aromatic carbocycles. The van der Waals surface area contributed by atoms with E-state index in [4.69, 9.17) is 0 Å². The molecule has 0 saturated heterocycles. The number of fused-ring (bicyclic) bond motifs is 6. The maximum absolute atomic E-state index is 3.56. The Hall–Kier alpha value is -2.74. The number of hydrogen-bond donors (Lipinski definition) is 2. The largest absolute Gasteiger partial charge is 0.361 e. The van der Waals surface area contributed by atoms with Crippen molar-refractivity contribution >= 4 is 43.5 Å². The number of rotatable bonds is 0. The summed E-state index contributed by atoms with van der Waals surface area (Å²) < 4.78 is 0. The fraction of sp³-hybridized carbons (Fsp3) is 0. The van der Waals surface area contributed by atoms with Gasteiger partial charge in [0, 0.05) is 33.4 Å². The first-order valence-electron chi connectivity index (χ1n) is 6.80. The standard InChI is InChI=1S/C18H12N2/c1-2-4-16-13(3-1)14-6-5-11-9-12-7-8-19-17(12)10-15(11)18(14)20-16/h1-10,19-20H. The number of hydrogen-bond acceptors (Lipinski definition) is 0. The maximum atomic E-state index is 3.56. The molecule has 2 heteroatoms. The Morgan fingerprint density at radius 3 is 2.60 bits per heavy atom. The number of para-hydroxylation sites is 1. The fourth-order valence-corrected chi connectivity index (χ4v) is 3.19. The third kappa shape index (κ3) is 1.18. The van der Waals surface area contributed by atoms with Gasteiger partial charge in [0.2, 0.25) is 0 Å². The summed E-state index contributed by atoms with van der Waals surface area (Å²) in [5.74, 6) is 0. The molecule has 0 bridgehead atoms. The van der Waals surface area contributed by atoms with Gasteiger partial charge in [-0.1, -0.05) is 30.3 Å². The minimum atomic E-state index is 1.18. The SMILES string of the molecule is c1ccc2c(c1)[nH]c1c3cc4[nH]ccc4cc3ccc21. The first-order chi connectivity index (χ1) is 9.90. The van der Waals surface area contributed by atoms with E-state index in [1.807, 2.05) is 6.20 Å². The van der Waals surface area contributed by atoms with Crippen LogP contribution in [-0.4, -0.2) is 9.97 Å². The van der Waals surface area contributed by atoms with Crippen LogP contribution in [0.4, 0.5) is 0 Å². The predicted molar refractivity (Wildman–Crippen MR) is 85.2 cm³/mol. The van der Waals surface area contributed by atoms with Crippen molar-refractivity contribution in [1.29, 1.82) is 0 Å². The zero-order chi connectivity index (χ0) is 13.1. The summed E-state index contributed by atoms with van der Waals surface area (Å²) in [7, 11) is 0. The molecule has 2 nitrogen and oxygen atoms in total. The zero-order valence-electron chi connectivity index (χ0n) is 10.8. The molecule has 0 saturated carbocycles. The minimum absolute atomic E-state index is 1.18. The summed E-state index contributed by atoms with van der Waals surface area (Å²) in [5.41, 5.74) is 3.60. The highest BCUT2D eigenvalue weighted by molar-refractivity contribution is 6.18. The van der Waals surface area contributed by atoms with Crippen LogP contribution in [0.1, 0.15) is 0 Å². The van der Waals surface area contributed by atoms with E-state index in [9.17, 15) is 0 Å². The Morgan fingerprint density at radius 1 is 0.650 bits per heavy atom. The molecular formula is C18H12N2. The molecule has 0 aliphatic rings. The van der Waals surface area contributed by atoms with Gasteiger partial charge in [-0.15, -0.1) is 0 Å². The van der Waals surface area contributed by atoms with E-state index >= 15 is 0 Å². The zero-order valence-corrected chi connectivity index (χ0v) is 10.8. The predicted octanol–water partition coefficient (Wildman–Crippen LogP) is 4.96. The second kappa shape index (κ2) is 3.42. The van der Waals surface area contributed by atoms with E-state index in [2.05, 4.69) is 64.6 Å². The highest BCUT2D eigenvalue weighted by atomic mass is 14.7. The summed E-state index contributed by atoms with van der Waals surface area (Å²) in [6.45, 7) is 0. The third-order valence-electron chi connectivity index (χ3n) is 4.17. The molecule has 0 spiro atoms. The average molecular weight is 256 g/mol. The van der Waals surface area contributed by atoms with Crippen molar-refractivity contribution in [2.75, 3.05) is 0 Å². The van der Waals surface area contributed by atoms with E-state index < -0.39 is 0 Å². The Morgan fingerprint density at radius 2 is 1.60 bits per heavy atom. The highest BCUT2D eigenvalue weighted by Crippen LogP contribution is 2.32. The van der Waals surface area contributed by atoms with Crippen molar-refractivity contribution in [3.05, 3.63) is 60.8 Å². The molecule has 5 aromatic rings. The van der Waals surface area contributed by atoms with Gasteiger partial charge in [-0.05, 0) is 35.0 Å². The Kier molecular flexibility index (Phi) is 1.73. The van der Waals surface area contributed by atoms with Crippen LogP contribution < -0.4 is 0 Å². The van der Waals surface area contributed by atoms with Gasteiger partial charge in [0.1, 0.15) is 0 Å². The molecule has 2 heterocycles. The van der Waals surface area contributed by atoms with Crippen molar-refractivity contribution in [1.82, 2.24) is 9.97 Å². The quantitative estimate of drug-likeness (QED) is 0.392. The molecule has 0 fully saturated rings. The van der Waals surface area contributed by atoms with Crippen LogP contribution >= 0.6 is 0 Å². The van der Waals surface area contributed by atoms with Gasteiger partial charge >= 0.3 is 0 Å². The molecule has 0 unspecified atom stereocenters. The lowest BCUT2D eigenvalue weighted by atomic mass is 10.0. The van der Waals surface area contributed by atoms with E-state index in [1.165, 1.54) is 43.5 Å². The monoisotopic (exact) mass is 256 g/mol. The Balaban J connectivity index is 2.08. The van der Waals surface area contributed by atoms with E-state index in [-0.39, 0.29) is 0 Å². The third-order valence-corrected chi connectivity index (χ3v) is 4.17. The van der Waals surface area contributed by atoms with Crippen LogP contribution in [-0.2, 0) is 0 Å². The summed E-state index contributed by atoms with van der Waals surface area (Å²) in [6, 6.07) is 19.5. The second-order valence-electron chi connectivity index (χ2n) is 5.30.